The second kappa shape index (κ2) is 12.6. The summed E-state index contributed by atoms with van der Waals surface area (Å²) in [6, 6.07) is 7.65. The number of nitrogens with zero attached hydrogens (tertiary/aromatic N) is 4. The summed E-state index contributed by atoms with van der Waals surface area (Å²) in [7, 11) is 1.32. The van der Waals surface area contributed by atoms with E-state index in [0.29, 0.717) is 25.9 Å². The summed E-state index contributed by atoms with van der Waals surface area (Å²) in [6.45, 7) is 2.16. The van der Waals surface area contributed by atoms with Crippen LogP contribution >= 0.6 is 0 Å². The maximum Gasteiger partial charge on any atom is 0.418 e. The lowest BCUT2D eigenvalue weighted by molar-refractivity contribution is -0.140. The number of pyridine rings is 1. The average molecular weight is 536 g/mol. The van der Waals surface area contributed by atoms with E-state index < -0.39 is 30.3 Å². The lowest BCUT2D eigenvalue weighted by Gasteiger charge is -2.31. The minimum Gasteiger partial charge on any atom is -0.465 e. The van der Waals surface area contributed by atoms with E-state index in [2.05, 4.69) is 10.3 Å². The number of anilines is 1. The van der Waals surface area contributed by atoms with Crippen molar-refractivity contribution in [3.63, 3.8) is 0 Å². The van der Waals surface area contributed by atoms with Crippen LogP contribution in [-0.4, -0.2) is 75.9 Å². The molecular weight excluding hydrogens is 503 g/mol. The van der Waals surface area contributed by atoms with Gasteiger partial charge >= 0.3 is 12.3 Å². The lowest BCUT2D eigenvalue weighted by Crippen LogP contribution is -2.41. The Morgan fingerprint density at radius 3 is 2.61 bits per heavy atom. The quantitative estimate of drug-likeness (QED) is 0.479. The molecule has 1 aliphatic rings. The third-order valence-electron chi connectivity index (χ3n) is 6.43. The number of likely N-dealkylation sites (N-methyl/N-ethyl adjacent to an activating group) is 1. The van der Waals surface area contributed by atoms with Crippen molar-refractivity contribution in [1.82, 2.24) is 19.7 Å². The first-order valence-electron chi connectivity index (χ1n) is 12.4. The van der Waals surface area contributed by atoms with E-state index in [4.69, 9.17) is 5.11 Å². The molecule has 0 aliphatic carbocycles. The Labute approximate surface area is 219 Å². The zero-order chi connectivity index (χ0) is 27.9. The summed E-state index contributed by atoms with van der Waals surface area (Å²) in [5.41, 5.74) is 1.41. The highest BCUT2D eigenvalue weighted by Gasteiger charge is 2.34. The van der Waals surface area contributed by atoms with Crippen LogP contribution in [0.3, 0.4) is 0 Å². The first kappa shape index (κ1) is 28.7. The number of alkyl halides is 3. The highest BCUT2D eigenvalue weighted by molar-refractivity contribution is 5.81. The fourth-order valence-electron chi connectivity index (χ4n) is 4.30. The van der Waals surface area contributed by atoms with Crippen LogP contribution in [0.25, 0.3) is 0 Å². The topological polar surface area (TPSA) is 106 Å². The maximum atomic E-state index is 13.5. The zero-order valence-corrected chi connectivity index (χ0v) is 21.4. The van der Waals surface area contributed by atoms with Crippen LogP contribution in [0, 0.1) is 0 Å². The number of fused-ring (bicyclic) bond motifs is 1. The third-order valence-corrected chi connectivity index (χ3v) is 6.43. The van der Waals surface area contributed by atoms with E-state index in [1.54, 1.807) is 0 Å². The van der Waals surface area contributed by atoms with Crippen molar-refractivity contribution >= 4 is 23.6 Å². The van der Waals surface area contributed by atoms with Crippen LogP contribution in [0.4, 0.5) is 23.7 Å². The number of aromatic nitrogens is 1. The predicted molar refractivity (Wildman–Crippen MR) is 134 cm³/mol. The van der Waals surface area contributed by atoms with Gasteiger partial charge < -0.3 is 25.1 Å². The molecule has 3 rings (SSSR count). The fourth-order valence-corrected chi connectivity index (χ4v) is 4.30. The van der Waals surface area contributed by atoms with Crippen molar-refractivity contribution in [2.45, 2.75) is 45.5 Å². The summed E-state index contributed by atoms with van der Waals surface area (Å²) < 4.78 is 40.5. The Balaban J connectivity index is 1.75. The fraction of sp³-hybridized carbons (Fsp3) is 0.462. The molecule has 1 aromatic carbocycles. The van der Waals surface area contributed by atoms with E-state index in [1.807, 2.05) is 30.0 Å². The largest absolute Gasteiger partial charge is 0.465 e. The van der Waals surface area contributed by atoms with Gasteiger partial charge in [0.15, 0.2) is 0 Å². The molecule has 2 aromatic rings. The van der Waals surface area contributed by atoms with Gasteiger partial charge in [0.05, 0.1) is 24.3 Å². The summed E-state index contributed by atoms with van der Waals surface area (Å²) >= 11 is 0. The second-order valence-electron chi connectivity index (χ2n) is 9.13. The van der Waals surface area contributed by atoms with Gasteiger partial charge in [0.2, 0.25) is 11.8 Å². The molecule has 0 unspecified atom stereocenters. The van der Waals surface area contributed by atoms with Gasteiger partial charge in [-0.2, -0.15) is 13.2 Å². The van der Waals surface area contributed by atoms with Gasteiger partial charge in [-0.25, -0.2) is 4.79 Å². The van der Waals surface area contributed by atoms with Crippen LogP contribution in [0.15, 0.2) is 36.5 Å². The molecule has 0 atom stereocenters. The average Bonchev–Trinajstić information content (AvgIpc) is 2.88. The monoisotopic (exact) mass is 535 g/mol. The van der Waals surface area contributed by atoms with E-state index in [0.717, 1.165) is 34.2 Å². The molecule has 0 fully saturated rings. The van der Waals surface area contributed by atoms with Crippen molar-refractivity contribution in [3.8, 4) is 0 Å². The van der Waals surface area contributed by atoms with Gasteiger partial charge in [-0.3, -0.25) is 14.6 Å². The van der Waals surface area contributed by atoms with Crippen LogP contribution in [0.2, 0.25) is 0 Å². The minimum atomic E-state index is -4.65. The van der Waals surface area contributed by atoms with Gasteiger partial charge in [0.1, 0.15) is 0 Å². The van der Waals surface area contributed by atoms with E-state index in [9.17, 15) is 27.6 Å². The normalized spacial score (nSPS) is 13.0. The lowest BCUT2D eigenvalue weighted by atomic mass is 9.97. The maximum absolute atomic E-state index is 13.5. The predicted octanol–water partition coefficient (Wildman–Crippen LogP) is 3.84. The van der Waals surface area contributed by atoms with Crippen LogP contribution in [0.1, 0.15) is 42.1 Å². The molecule has 1 aliphatic heterocycles. The summed E-state index contributed by atoms with van der Waals surface area (Å²) in [5.74, 6) is -0.405. The summed E-state index contributed by atoms with van der Waals surface area (Å²) in [5, 5.41) is 12.2. The van der Waals surface area contributed by atoms with Gasteiger partial charge in [-0.1, -0.05) is 19.1 Å². The number of rotatable bonds is 10. The standard InChI is InChI=1S/C26H32F3N5O4/c1-3-6-23(35)33-12-10-19-18(16-33)7-4-9-21(19)31-15-24(36)34(14-13-32(2)25(37)38)17-22-20(26(27,28)29)8-5-11-30-22/h4-5,7-9,11,31H,3,6,10,12-17H2,1-2H3,(H,37,38). The highest BCUT2D eigenvalue weighted by atomic mass is 19.4. The molecule has 12 heteroatoms. The number of halogens is 3. The molecule has 1 aromatic heterocycles. The molecule has 0 bridgehead atoms. The van der Waals surface area contributed by atoms with Crippen LogP contribution in [0.5, 0.6) is 0 Å². The van der Waals surface area contributed by atoms with Crippen molar-refractivity contribution < 1.29 is 32.7 Å². The van der Waals surface area contributed by atoms with Crippen LogP contribution in [-0.2, 0) is 35.3 Å². The molecule has 2 heterocycles. The second-order valence-corrected chi connectivity index (χ2v) is 9.13. The number of amides is 3. The highest BCUT2D eigenvalue weighted by Crippen LogP contribution is 2.31. The summed E-state index contributed by atoms with van der Waals surface area (Å²) in [6.07, 6.45) is -2.78. The summed E-state index contributed by atoms with van der Waals surface area (Å²) in [4.78, 5) is 44.5. The first-order chi connectivity index (χ1) is 18.0. The van der Waals surface area contributed by atoms with Crippen molar-refractivity contribution in [2.24, 2.45) is 0 Å². The van der Waals surface area contributed by atoms with Crippen molar-refractivity contribution in [3.05, 3.63) is 58.9 Å². The van der Waals surface area contributed by atoms with Crippen molar-refractivity contribution in [2.75, 3.05) is 38.5 Å². The van der Waals surface area contributed by atoms with Gasteiger partial charge in [0, 0.05) is 51.5 Å². The SMILES string of the molecule is CCCC(=O)N1CCc2c(cccc2NCC(=O)N(CCN(C)C(=O)O)Cc2ncccc2C(F)(F)F)C1. The zero-order valence-electron chi connectivity index (χ0n) is 21.4. The molecule has 2 N–H and O–H groups in total. The Hall–Kier alpha value is -3.83. The number of hydrogen-bond donors (Lipinski definition) is 2. The van der Waals surface area contributed by atoms with Gasteiger partial charge in [-0.05, 0) is 42.2 Å². The van der Waals surface area contributed by atoms with Crippen molar-refractivity contribution in [1.29, 1.82) is 0 Å². The minimum absolute atomic E-state index is 0.0857. The Bertz CT molecular complexity index is 1160. The Kier molecular flexibility index (Phi) is 9.54. The molecular formula is C26H32F3N5O4. The Morgan fingerprint density at radius 1 is 1.16 bits per heavy atom. The van der Waals surface area contributed by atoms with E-state index in [-0.39, 0.29) is 31.2 Å². The molecule has 9 nitrogen and oxygen atoms in total. The molecule has 0 saturated heterocycles. The molecule has 38 heavy (non-hydrogen) atoms. The number of hydrogen-bond acceptors (Lipinski definition) is 5. The third kappa shape index (κ3) is 7.36. The molecule has 0 saturated carbocycles. The van der Waals surface area contributed by atoms with Gasteiger partial charge in [0.25, 0.3) is 0 Å². The molecule has 0 radical (unpaired) electrons. The number of benzene rings is 1. The van der Waals surface area contributed by atoms with E-state index >= 15 is 0 Å². The molecule has 3 amide bonds. The first-order valence-corrected chi connectivity index (χ1v) is 12.4. The number of nitrogens with one attached hydrogen (secondary N) is 1. The van der Waals surface area contributed by atoms with Crippen LogP contribution < -0.4 is 5.32 Å². The number of carbonyl (C=O) groups excluding carboxylic acids is 2. The van der Waals surface area contributed by atoms with E-state index in [1.165, 1.54) is 24.2 Å². The van der Waals surface area contributed by atoms with Gasteiger partial charge in [-0.15, -0.1) is 0 Å². The molecule has 206 valence electrons. The Morgan fingerprint density at radius 2 is 1.92 bits per heavy atom. The number of carbonyl (C=O) groups is 3. The number of carboxylic acid groups (broad SMARTS) is 1. The smallest absolute Gasteiger partial charge is 0.418 e. The molecule has 0 spiro atoms.